The number of fused-ring (bicyclic) bond motifs is 1. The van der Waals surface area contributed by atoms with E-state index in [0.717, 1.165) is 5.56 Å². The number of oxime groups is 1. The summed E-state index contributed by atoms with van der Waals surface area (Å²) in [4.78, 5) is 12.3. The zero-order chi connectivity index (χ0) is 15.7. The Balaban J connectivity index is 2.34. The van der Waals surface area contributed by atoms with Gasteiger partial charge in [-0.3, -0.25) is 0 Å². The molecule has 0 atom stereocenters. The molecule has 110 valence electrons. The highest BCUT2D eigenvalue weighted by Gasteiger charge is 2.21. The predicted octanol–water partition coefficient (Wildman–Crippen LogP) is 3.03. The van der Waals surface area contributed by atoms with Gasteiger partial charge in [-0.15, -0.1) is 0 Å². The lowest BCUT2D eigenvalue weighted by atomic mass is 10.0. The molecule has 0 aliphatic carbocycles. The number of aromatic hydroxyl groups is 1. The quantitative estimate of drug-likeness (QED) is 0.329. The van der Waals surface area contributed by atoms with Crippen molar-refractivity contribution < 1.29 is 14.7 Å². The van der Waals surface area contributed by atoms with Crippen molar-refractivity contribution in [2.24, 2.45) is 5.16 Å². The van der Waals surface area contributed by atoms with Crippen LogP contribution < -0.4 is 5.63 Å². The summed E-state index contributed by atoms with van der Waals surface area (Å²) in [6.45, 7) is 1.78. The van der Waals surface area contributed by atoms with Crippen LogP contribution in [0.5, 0.6) is 5.75 Å². The summed E-state index contributed by atoms with van der Waals surface area (Å²) in [6.07, 6.45) is 0. The van der Waals surface area contributed by atoms with Gasteiger partial charge in [0.1, 0.15) is 22.6 Å². The first-order valence-electron chi connectivity index (χ1n) is 6.66. The number of benzene rings is 2. The fourth-order valence-electron chi connectivity index (χ4n) is 2.41. The molecule has 0 saturated heterocycles. The van der Waals surface area contributed by atoms with Crippen LogP contribution in [-0.2, 0) is 0 Å². The van der Waals surface area contributed by atoms with Gasteiger partial charge in [0.25, 0.3) is 0 Å². The van der Waals surface area contributed by atoms with Gasteiger partial charge in [0.05, 0.1) is 5.39 Å². The van der Waals surface area contributed by atoms with Gasteiger partial charge in [0.2, 0.25) is 0 Å². The second-order valence-corrected chi connectivity index (χ2v) is 4.88. The zero-order valence-electron chi connectivity index (χ0n) is 11.8. The van der Waals surface area contributed by atoms with Crippen LogP contribution in [0.4, 0.5) is 0 Å². The van der Waals surface area contributed by atoms with Crippen LogP contribution in [0.2, 0.25) is 0 Å². The molecule has 1 aromatic heterocycles. The molecule has 0 aliphatic rings. The van der Waals surface area contributed by atoms with Crippen LogP contribution >= 0.6 is 0 Å². The first kappa shape index (κ1) is 13.9. The third-order valence-electron chi connectivity index (χ3n) is 3.49. The summed E-state index contributed by atoms with van der Waals surface area (Å²) in [6, 6.07) is 13.8. The maximum atomic E-state index is 12.3. The van der Waals surface area contributed by atoms with Gasteiger partial charge in [-0.2, -0.15) is 0 Å². The molecule has 0 radical (unpaired) electrons. The lowest BCUT2D eigenvalue weighted by molar-refractivity contribution is 0.319. The van der Waals surface area contributed by atoms with E-state index in [1.54, 1.807) is 55.5 Å². The molecule has 22 heavy (non-hydrogen) atoms. The molecule has 0 aliphatic heterocycles. The van der Waals surface area contributed by atoms with E-state index in [4.69, 9.17) is 4.42 Å². The lowest BCUT2D eigenvalue weighted by Crippen LogP contribution is -2.16. The monoisotopic (exact) mass is 295 g/mol. The molecule has 1 heterocycles. The molecule has 3 aromatic rings. The summed E-state index contributed by atoms with van der Waals surface area (Å²) < 4.78 is 5.30. The SMILES string of the molecule is Cc1cccc2c(O)c(/C(=N/O)c3ccccc3)c(=O)oc12. The van der Waals surface area contributed by atoms with Gasteiger partial charge in [-0.05, 0) is 18.6 Å². The number of hydrogen-bond acceptors (Lipinski definition) is 5. The van der Waals surface area contributed by atoms with Gasteiger partial charge < -0.3 is 14.7 Å². The lowest BCUT2D eigenvalue weighted by Gasteiger charge is -2.09. The molecule has 3 rings (SSSR count). The van der Waals surface area contributed by atoms with Gasteiger partial charge in [0.15, 0.2) is 0 Å². The molecule has 2 aromatic carbocycles. The van der Waals surface area contributed by atoms with Crippen molar-refractivity contribution >= 4 is 16.7 Å². The molecule has 0 amide bonds. The Morgan fingerprint density at radius 1 is 1.09 bits per heavy atom. The Labute approximate surface area is 125 Å². The number of rotatable bonds is 2. The fraction of sp³-hybridized carbons (Fsp3) is 0.0588. The smallest absolute Gasteiger partial charge is 0.349 e. The molecular formula is C17H13NO4. The molecule has 0 saturated carbocycles. The van der Waals surface area contributed by atoms with E-state index in [9.17, 15) is 15.1 Å². The van der Waals surface area contributed by atoms with E-state index in [1.165, 1.54) is 0 Å². The molecule has 0 bridgehead atoms. The molecule has 2 N–H and O–H groups in total. The summed E-state index contributed by atoms with van der Waals surface area (Å²) >= 11 is 0. The maximum Gasteiger partial charge on any atom is 0.349 e. The van der Waals surface area contributed by atoms with Gasteiger partial charge in [-0.25, -0.2) is 4.79 Å². The average Bonchev–Trinajstić information content (AvgIpc) is 2.53. The second-order valence-electron chi connectivity index (χ2n) is 4.88. The third-order valence-corrected chi connectivity index (χ3v) is 3.49. The molecule has 5 heteroatoms. The van der Waals surface area contributed by atoms with E-state index in [2.05, 4.69) is 5.16 Å². The van der Waals surface area contributed by atoms with Crippen LogP contribution in [0.15, 0.2) is 62.9 Å². The standard InChI is InChI=1S/C17H13NO4/c1-10-6-5-9-12-15(19)13(17(20)22-16(10)12)14(18-21)11-7-3-2-4-8-11/h2-9,19,21H,1H3/b18-14+. The van der Waals surface area contributed by atoms with Gasteiger partial charge >= 0.3 is 5.63 Å². The highest BCUT2D eigenvalue weighted by Crippen LogP contribution is 2.29. The topological polar surface area (TPSA) is 83.0 Å². The van der Waals surface area contributed by atoms with Crippen LogP contribution in [0.1, 0.15) is 16.7 Å². The number of hydrogen-bond donors (Lipinski definition) is 2. The molecule has 5 nitrogen and oxygen atoms in total. The van der Waals surface area contributed by atoms with E-state index >= 15 is 0 Å². The Kier molecular flexibility index (Phi) is 3.39. The summed E-state index contributed by atoms with van der Waals surface area (Å²) in [5, 5.41) is 23.3. The first-order chi connectivity index (χ1) is 10.6. The van der Waals surface area contributed by atoms with Gasteiger partial charge in [0, 0.05) is 5.56 Å². The molecule has 0 spiro atoms. The van der Waals surface area contributed by atoms with E-state index in [1.807, 2.05) is 0 Å². The average molecular weight is 295 g/mol. The number of aryl methyl sites for hydroxylation is 1. The molecule has 0 fully saturated rings. The predicted molar refractivity (Wildman–Crippen MR) is 82.8 cm³/mol. The van der Waals surface area contributed by atoms with Crippen molar-refractivity contribution in [2.75, 3.05) is 0 Å². The van der Waals surface area contributed by atoms with E-state index < -0.39 is 5.63 Å². The van der Waals surface area contributed by atoms with Crippen molar-refractivity contribution in [2.45, 2.75) is 6.92 Å². The van der Waals surface area contributed by atoms with Crippen LogP contribution in [0.3, 0.4) is 0 Å². The summed E-state index contributed by atoms with van der Waals surface area (Å²) in [5.74, 6) is -0.258. The molecular weight excluding hydrogens is 282 g/mol. The highest BCUT2D eigenvalue weighted by atomic mass is 16.4. The van der Waals surface area contributed by atoms with E-state index in [-0.39, 0.29) is 17.0 Å². The number of para-hydroxylation sites is 1. The van der Waals surface area contributed by atoms with Crippen LogP contribution in [0, 0.1) is 6.92 Å². The largest absolute Gasteiger partial charge is 0.506 e. The second kappa shape index (κ2) is 5.37. The maximum absolute atomic E-state index is 12.3. The minimum Gasteiger partial charge on any atom is -0.506 e. The zero-order valence-corrected chi connectivity index (χ0v) is 11.8. The van der Waals surface area contributed by atoms with Crippen LogP contribution in [-0.4, -0.2) is 16.0 Å². The number of nitrogens with zero attached hydrogens (tertiary/aromatic N) is 1. The van der Waals surface area contributed by atoms with Crippen molar-refractivity contribution in [3.05, 3.63) is 75.6 Å². The minimum atomic E-state index is -0.754. The third kappa shape index (κ3) is 2.13. The van der Waals surface area contributed by atoms with Crippen molar-refractivity contribution in [3.8, 4) is 5.75 Å². The fourth-order valence-corrected chi connectivity index (χ4v) is 2.41. The van der Waals surface area contributed by atoms with Crippen molar-refractivity contribution in [3.63, 3.8) is 0 Å². The minimum absolute atomic E-state index is 0.0322. The Morgan fingerprint density at radius 3 is 2.50 bits per heavy atom. The van der Waals surface area contributed by atoms with Crippen molar-refractivity contribution in [1.82, 2.24) is 0 Å². The molecule has 0 unspecified atom stereocenters. The van der Waals surface area contributed by atoms with Crippen LogP contribution in [0.25, 0.3) is 11.0 Å². The first-order valence-corrected chi connectivity index (χ1v) is 6.66. The Hall–Kier alpha value is -3.08. The van der Waals surface area contributed by atoms with E-state index in [0.29, 0.717) is 16.5 Å². The van der Waals surface area contributed by atoms with Gasteiger partial charge in [-0.1, -0.05) is 47.6 Å². The Morgan fingerprint density at radius 2 is 1.82 bits per heavy atom. The highest BCUT2D eigenvalue weighted by molar-refractivity contribution is 6.15. The normalized spacial score (nSPS) is 11.8. The summed E-state index contributed by atoms with van der Waals surface area (Å²) in [5.41, 5.74) is 0.607. The Bertz CT molecular complexity index is 927. The summed E-state index contributed by atoms with van der Waals surface area (Å²) in [7, 11) is 0. The van der Waals surface area contributed by atoms with Crippen molar-refractivity contribution in [1.29, 1.82) is 0 Å².